The average Bonchev–Trinajstić information content (AvgIpc) is 3.03. The second-order valence-corrected chi connectivity index (χ2v) is 6.37. The van der Waals surface area contributed by atoms with Crippen LogP contribution in [-0.2, 0) is 0 Å². The second kappa shape index (κ2) is 5.14. The summed E-state index contributed by atoms with van der Waals surface area (Å²) in [5.74, 6) is 1.67. The largest absolute Gasteiger partial charge is 0.465 e. The molecule has 2 atom stereocenters. The number of aryl methyl sites for hydroxylation is 1. The molecule has 20 heavy (non-hydrogen) atoms. The Hall–Kier alpha value is -1.47. The Kier molecular flexibility index (Phi) is 3.47. The monoisotopic (exact) mass is 294 g/mol. The summed E-state index contributed by atoms with van der Waals surface area (Å²) >= 11 is 1.48. The third-order valence-corrected chi connectivity index (χ3v) is 4.75. The number of nitrogens with two attached hydrogens (primary N) is 1. The van der Waals surface area contributed by atoms with E-state index in [-0.39, 0.29) is 23.0 Å². The molecule has 1 aliphatic carbocycles. The lowest BCUT2D eigenvalue weighted by Crippen LogP contribution is -2.23. The van der Waals surface area contributed by atoms with Crippen molar-refractivity contribution in [2.24, 2.45) is 5.73 Å². The average molecular weight is 294 g/mol. The van der Waals surface area contributed by atoms with E-state index in [4.69, 9.17) is 10.2 Å². The van der Waals surface area contributed by atoms with Crippen LogP contribution in [0.3, 0.4) is 0 Å². The fraction of sp³-hybridized carbons (Fsp3) is 0.538. The lowest BCUT2D eigenvalue weighted by molar-refractivity contribution is 0.464. The molecule has 3 rings (SSSR count). The maximum absolute atomic E-state index is 11.8. The van der Waals surface area contributed by atoms with Crippen LogP contribution in [0.5, 0.6) is 0 Å². The number of furan rings is 1. The molecule has 2 aromatic rings. The van der Waals surface area contributed by atoms with Crippen molar-refractivity contribution in [2.75, 3.05) is 0 Å². The minimum atomic E-state index is -0.144. The van der Waals surface area contributed by atoms with Crippen LogP contribution in [0, 0.1) is 6.92 Å². The molecule has 0 aromatic carbocycles. The molecule has 0 amide bonds. The van der Waals surface area contributed by atoms with Gasteiger partial charge in [0.05, 0.1) is 5.25 Å². The minimum absolute atomic E-state index is 0.0589. The lowest BCUT2D eigenvalue weighted by atomic mass is 10.2. The van der Waals surface area contributed by atoms with E-state index in [0.717, 1.165) is 24.4 Å². The van der Waals surface area contributed by atoms with Crippen LogP contribution in [0.15, 0.2) is 26.5 Å². The molecule has 7 heteroatoms. The topological polar surface area (TPSA) is 89.8 Å². The maximum Gasteiger partial charge on any atom is 0.344 e. The van der Waals surface area contributed by atoms with Crippen LogP contribution in [0.25, 0.3) is 0 Å². The van der Waals surface area contributed by atoms with Crippen molar-refractivity contribution in [3.05, 3.63) is 34.1 Å². The predicted octanol–water partition coefficient (Wildman–Crippen LogP) is 1.99. The van der Waals surface area contributed by atoms with E-state index in [1.165, 1.54) is 11.8 Å². The fourth-order valence-corrected chi connectivity index (χ4v) is 3.30. The summed E-state index contributed by atoms with van der Waals surface area (Å²) < 4.78 is 7.41. The van der Waals surface area contributed by atoms with Gasteiger partial charge in [-0.25, -0.2) is 9.89 Å². The zero-order valence-electron chi connectivity index (χ0n) is 11.5. The van der Waals surface area contributed by atoms with Crippen LogP contribution in [0.2, 0.25) is 0 Å². The van der Waals surface area contributed by atoms with Crippen molar-refractivity contribution >= 4 is 11.8 Å². The highest BCUT2D eigenvalue weighted by atomic mass is 32.2. The van der Waals surface area contributed by atoms with Gasteiger partial charge in [0, 0.05) is 12.1 Å². The van der Waals surface area contributed by atoms with Crippen molar-refractivity contribution in [1.29, 1.82) is 0 Å². The number of aromatic amines is 1. The van der Waals surface area contributed by atoms with Gasteiger partial charge in [-0.05, 0) is 38.8 Å². The van der Waals surface area contributed by atoms with Gasteiger partial charge < -0.3 is 10.2 Å². The molecule has 0 saturated heterocycles. The SMILES string of the molecule is Cc1ccc(C(Sc2n[nH]c(=O)n2C2CC2)C(C)N)o1. The Morgan fingerprint density at radius 2 is 2.30 bits per heavy atom. The van der Waals surface area contributed by atoms with Gasteiger partial charge in [0.2, 0.25) is 0 Å². The number of H-pyrrole nitrogens is 1. The summed E-state index contributed by atoms with van der Waals surface area (Å²) in [7, 11) is 0. The summed E-state index contributed by atoms with van der Waals surface area (Å²) in [4.78, 5) is 11.8. The third kappa shape index (κ3) is 2.55. The first-order valence-corrected chi connectivity index (χ1v) is 7.59. The first kappa shape index (κ1) is 13.5. The smallest absolute Gasteiger partial charge is 0.344 e. The van der Waals surface area contributed by atoms with Crippen molar-refractivity contribution in [3.8, 4) is 0 Å². The number of nitrogens with zero attached hydrogens (tertiary/aromatic N) is 2. The maximum atomic E-state index is 11.8. The van der Waals surface area contributed by atoms with E-state index >= 15 is 0 Å². The van der Waals surface area contributed by atoms with E-state index < -0.39 is 0 Å². The number of nitrogens with one attached hydrogen (secondary N) is 1. The molecule has 0 bridgehead atoms. The van der Waals surface area contributed by atoms with Gasteiger partial charge in [-0.3, -0.25) is 4.57 Å². The van der Waals surface area contributed by atoms with Gasteiger partial charge in [0.1, 0.15) is 11.5 Å². The molecule has 6 nitrogen and oxygen atoms in total. The van der Waals surface area contributed by atoms with E-state index in [0.29, 0.717) is 5.16 Å². The minimum Gasteiger partial charge on any atom is -0.465 e. The van der Waals surface area contributed by atoms with E-state index in [2.05, 4.69) is 10.2 Å². The predicted molar refractivity (Wildman–Crippen MR) is 76.8 cm³/mol. The Balaban J connectivity index is 1.89. The standard InChI is InChI=1S/C13H18N4O2S/c1-7-3-6-10(19-7)11(8(2)14)20-13-16-15-12(18)17(13)9-4-5-9/h3,6,8-9,11H,4-5,14H2,1-2H3,(H,15,18). The molecule has 108 valence electrons. The molecule has 0 aliphatic heterocycles. The number of thioether (sulfide) groups is 1. The van der Waals surface area contributed by atoms with Gasteiger partial charge in [-0.1, -0.05) is 11.8 Å². The highest BCUT2D eigenvalue weighted by Crippen LogP contribution is 2.41. The van der Waals surface area contributed by atoms with Crippen molar-refractivity contribution in [1.82, 2.24) is 14.8 Å². The summed E-state index contributed by atoms with van der Waals surface area (Å²) in [6.07, 6.45) is 2.07. The second-order valence-electron chi connectivity index (χ2n) is 5.26. The quantitative estimate of drug-likeness (QED) is 0.823. The summed E-state index contributed by atoms with van der Waals surface area (Å²) in [6, 6.07) is 4.03. The summed E-state index contributed by atoms with van der Waals surface area (Å²) in [5, 5.41) is 7.28. The zero-order valence-corrected chi connectivity index (χ0v) is 12.3. The highest BCUT2D eigenvalue weighted by Gasteiger charge is 2.31. The Bertz CT molecular complexity index is 653. The molecular formula is C13H18N4O2S. The van der Waals surface area contributed by atoms with E-state index in [9.17, 15) is 4.79 Å². The third-order valence-electron chi connectivity index (χ3n) is 3.34. The van der Waals surface area contributed by atoms with Crippen molar-refractivity contribution < 1.29 is 4.42 Å². The summed E-state index contributed by atoms with van der Waals surface area (Å²) in [6.45, 7) is 3.84. The highest BCUT2D eigenvalue weighted by molar-refractivity contribution is 7.99. The van der Waals surface area contributed by atoms with Gasteiger partial charge in [0.25, 0.3) is 0 Å². The van der Waals surface area contributed by atoms with Crippen molar-refractivity contribution in [2.45, 2.75) is 49.2 Å². The molecule has 1 aliphatic rings. The van der Waals surface area contributed by atoms with Crippen LogP contribution < -0.4 is 11.4 Å². The van der Waals surface area contributed by atoms with Gasteiger partial charge in [0.15, 0.2) is 5.16 Å². The van der Waals surface area contributed by atoms with Crippen LogP contribution in [0.1, 0.15) is 42.6 Å². The Labute approximate surface area is 120 Å². The molecule has 1 saturated carbocycles. The molecule has 0 spiro atoms. The number of aromatic nitrogens is 3. The lowest BCUT2D eigenvalue weighted by Gasteiger charge is -2.17. The fourth-order valence-electron chi connectivity index (χ4n) is 2.17. The zero-order chi connectivity index (χ0) is 14.3. The molecule has 3 N–H and O–H groups in total. The molecule has 2 heterocycles. The first-order valence-electron chi connectivity index (χ1n) is 6.71. The van der Waals surface area contributed by atoms with Crippen LogP contribution in [0.4, 0.5) is 0 Å². The number of rotatable bonds is 5. The molecule has 0 radical (unpaired) electrons. The van der Waals surface area contributed by atoms with Gasteiger partial charge >= 0.3 is 5.69 Å². The van der Waals surface area contributed by atoms with Gasteiger partial charge in [-0.15, -0.1) is 5.10 Å². The molecular weight excluding hydrogens is 276 g/mol. The van der Waals surface area contributed by atoms with Crippen molar-refractivity contribution in [3.63, 3.8) is 0 Å². The normalized spacial score (nSPS) is 18.1. The Morgan fingerprint density at radius 3 is 2.85 bits per heavy atom. The number of hydrogen-bond acceptors (Lipinski definition) is 5. The number of hydrogen-bond donors (Lipinski definition) is 2. The molecule has 2 aromatic heterocycles. The molecule has 1 fully saturated rings. The molecule has 2 unspecified atom stereocenters. The summed E-state index contributed by atoms with van der Waals surface area (Å²) in [5.41, 5.74) is 5.92. The van der Waals surface area contributed by atoms with Crippen LogP contribution >= 0.6 is 11.8 Å². The van der Waals surface area contributed by atoms with E-state index in [1.807, 2.05) is 26.0 Å². The first-order chi connectivity index (χ1) is 9.56. The van der Waals surface area contributed by atoms with Crippen LogP contribution in [-0.4, -0.2) is 20.8 Å². The Morgan fingerprint density at radius 1 is 1.55 bits per heavy atom. The van der Waals surface area contributed by atoms with E-state index in [1.54, 1.807) is 4.57 Å². The van der Waals surface area contributed by atoms with Gasteiger partial charge in [-0.2, -0.15) is 0 Å².